The van der Waals surface area contributed by atoms with E-state index in [1.165, 1.54) is 6.07 Å². The molecule has 0 unspecified atom stereocenters. The van der Waals surface area contributed by atoms with E-state index in [4.69, 9.17) is 16.3 Å². The Morgan fingerprint density at radius 2 is 1.89 bits per heavy atom. The third-order valence-corrected chi connectivity index (χ3v) is 4.35. The number of carbonyl (C=O) groups is 2. The van der Waals surface area contributed by atoms with Crippen LogP contribution in [0.2, 0.25) is 5.02 Å². The average molecular weight is 391 g/mol. The number of benzene rings is 2. The fourth-order valence-corrected chi connectivity index (χ4v) is 2.61. The Labute approximate surface area is 161 Å². The van der Waals surface area contributed by atoms with Gasteiger partial charge in [-0.3, -0.25) is 14.9 Å². The van der Waals surface area contributed by atoms with Gasteiger partial charge in [0.05, 0.1) is 11.0 Å². The molecule has 1 atom stereocenters. The van der Waals surface area contributed by atoms with Crippen molar-refractivity contribution in [2.45, 2.75) is 26.8 Å². The maximum absolute atomic E-state index is 12.1. The number of nitrogens with zero attached hydrogens (tertiary/aromatic N) is 1. The van der Waals surface area contributed by atoms with Crippen LogP contribution in [-0.4, -0.2) is 23.4 Å². The molecule has 0 aliphatic rings. The first-order valence-corrected chi connectivity index (χ1v) is 8.54. The predicted octanol–water partition coefficient (Wildman–Crippen LogP) is 3.90. The molecular weight excluding hydrogens is 372 g/mol. The Balaban J connectivity index is 1.99. The number of carbonyl (C=O) groups excluding carboxylic acids is 2. The summed E-state index contributed by atoms with van der Waals surface area (Å²) in [5, 5.41) is 13.9. The van der Waals surface area contributed by atoms with Gasteiger partial charge in [0.25, 0.3) is 11.6 Å². The first-order chi connectivity index (χ1) is 12.7. The number of nitrogens with one attached hydrogen (secondary N) is 1. The van der Waals surface area contributed by atoms with E-state index in [1.807, 2.05) is 39.0 Å². The highest BCUT2D eigenvalue weighted by molar-refractivity contribution is 6.31. The second-order valence-corrected chi connectivity index (χ2v) is 6.56. The summed E-state index contributed by atoms with van der Waals surface area (Å²) in [5.41, 5.74) is 2.43. The molecule has 0 heterocycles. The topological polar surface area (TPSA) is 98.5 Å². The van der Waals surface area contributed by atoms with E-state index in [-0.39, 0.29) is 16.6 Å². The molecule has 142 valence electrons. The summed E-state index contributed by atoms with van der Waals surface area (Å²) in [6.07, 6.45) is 0. The van der Waals surface area contributed by atoms with Crippen LogP contribution in [0.1, 0.15) is 40.0 Å². The van der Waals surface area contributed by atoms with Gasteiger partial charge < -0.3 is 10.1 Å². The SMILES string of the molecule is Cc1ccc([C@@H](C)NC(=O)COC(=O)c2cc(Cl)ccc2[N+](=O)[O-])cc1C. The third kappa shape index (κ3) is 5.27. The fourth-order valence-electron chi connectivity index (χ4n) is 2.44. The normalized spacial score (nSPS) is 11.6. The van der Waals surface area contributed by atoms with Crippen molar-refractivity contribution < 1.29 is 19.2 Å². The highest BCUT2D eigenvalue weighted by Crippen LogP contribution is 2.23. The van der Waals surface area contributed by atoms with Crippen molar-refractivity contribution in [1.29, 1.82) is 0 Å². The van der Waals surface area contributed by atoms with Crippen LogP contribution < -0.4 is 5.32 Å². The second-order valence-electron chi connectivity index (χ2n) is 6.13. The number of rotatable bonds is 6. The molecule has 0 aliphatic carbocycles. The van der Waals surface area contributed by atoms with Crippen molar-refractivity contribution in [2.24, 2.45) is 0 Å². The molecule has 2 rings (SSSR count). The Morgan fingerprint density at radius 1 is 1.19 bits per heavy atom. The van der Waals surface area contributed by atoms with Gasteiger partial charge in [-0.15, -0.1) is 0 Å². The van der Waals surface area contributed by atoms with E-state index < -0.39 is 29.1 Å². The van der Waals surface area contributed by atoms with Crippen molar-refractivity contribution >= 4 is 29.2 Å². The lowest BCUT2D eigenvalue weighted by Crippen LogP contribution is -2.31. The minimum absolute atomic E-state index is 0.153. The number of hydrogen-bond donors (Lipinski definition) is 1. The van der Waals surface area contributed by atoms with Crippen LogP contribution >= 0.6 is 11.6 Å². The molecule has 2 aromatic rings. The van der Waals surface area contributed by atoms with Crippen LogP contribution in [0.25, 0.3) is 0 Å². The van der Waals surface area contributed by atoms with Crippen LogP contribution in [0, 0.1) is 24.0 Å². The Hall–Kier alpha value is -2.93. The Morgan fingerprint density at radius 3 is 2.52 bits per heavy atom. The first-order valence-electron chi connectivity index (χ1n) is 8.16. The molecule has 0 aromatic heterocycles. The lowest BCUT2D eigenvalue weighted by molar-refractivity contribution is -0.385. The Bertz CT molecular complexity index is 898. The van der Waals surface area contributed by atoms with Gasteiger partial charge in [0, 0.05) is 11.1 Å². The summed E-state index contributed by atoms with van der Waals surface area (Å²) in [5.74, 6) is -1.50. The van der Waals surface area contributed by atoms with E-state index in [0.29, 0.717) is 0 Å². The number of hydrogen-bond acceptors (Lipinski definition) is 5. The molecule has 0 saturated heterocycles. The minimum Gasteiger partial charge on any atom is -0.452 e. The lowest BCUT2D eigenvalue weighted by atomic mass is 10.0. The molecule has 0 fully saturated rings. The molecular formula is C19H19ClN2O5. The molecule has 8 heteroatoms. The molecule has 7 nitrogen and oxygen atoms in total. The lowest BCUT2D eigenvalue weighted by Gasteiger charge is -2.15. The van der Waals surface area contributed by atoms with Crippen molar-refractivity contribution in [3.05, 3.63) is 73.8 Å². The highest BCUT2D eigenvalue weighted by Gasteiger charge is 2.23. The summed E-state index contributed by atoms with van der Waals surface area (Å²) < 4.78 is 4.90. The van der Waals surface area contributed by atoms with Gasteiger partial charge in [-0.05, 0) is 49.6 Å². The molecule has 0 bridgehead atoms. The zero-order valence-electron chi connectivity index (χ0n) is 15.1. The van der Waals surface area contributed by atoms with Gasteiger partial charge in [0.2, 0.25) is 0 Å². The number of aryl methyl sites for hydroxylation is 2. The number of nitro groups is 1. The maximum Gasteiger partial charge on any atom is 0.345 e. The van der Waals surface area contributed by atoms with Crippen molar-refractivity contribution in [3.8, 4) is 0 Å². The van der Waals surface area contributed by atoms with E-state index in [0.717, 1.165) is 28.8 Å². The zero-order valence-corrected chi connectivity index (χ0v) is 15.9. The fraction of sp³-hybridized carbons (Fsp3) is 0.263. The molecule has 0 radical (unpaired) electrons. The highest BCUT2D eigenvalue weighted by atomic mass is 35.5. The number of nitro benzene ring substituents is 1. The van der Waals surface area contributed by atoms with Gasteiger partial charge >= 0.3 is 5.97 Å². The van der Waals surface area contributed by atoms with Gasteiger partial charge in [-0.2, -0.15) is 0 Å². The number of ether oxygens (including phenoxy) is 1. The molecule has 1 amide bonds. The maximum atomic E-state index is 12.1. The molecule has 0 spiro atoms. The van der Waals surface area contributed by atoms with Crippen molar-refractivity contribution in [3.63, 3.8) is 0 Å². The van der Waals surface area contributed by atoms with Crippen LogP contribution in [0.5, 0.6) is 0 Å². The third-order valence-electron chi connectivity index (χ3n) is 4.12. The number of esters is 1. The van der Waals surface area contributed by atoms with Crippen molar-refractivity contribution in [1.82, 2.24) is 5.32 Å². The molecule has 2 aromatic carbocycles. The number of amides is 1. The summed E-state index contributed by atoms with van der Waals surface area (Å²) >= 11 is 5.78. The van der Waals surface area contributed by atoms with E-state index in [9.17, 15) is 19.7 Å². The monoisotopic (exact) mass is 390 g/mol. The van der Waals surface area contributed by atoms with E-state index in [2.05, 4.69) is 5.32 Å². The van der Waals surface area contributed by atoms with Gasteiger partial charge in [0.1, 0.15) is 5.56 Å². The summed E-state index contributed by atoms with van der Waals surface area (Å²) in [4.78, 5) is 34.4. The predicted molar refractivity (Wildman–Crippen MR) is 101 cm³/mol. The van der Waals surface area contributed by atoms with Crippen LogP contribution in [0.15, 0.2) is 36.4 Å². The summed E-state index contributed by atoms with van der Waals surface area (Å²) in [6, 6.07) is 9.12. The smallest absolute Gasteiger partial charge is 0.345 e. The first kappa shape index (κ1) is 20.4. The molecule has 0 saturated carbocycles. The minimum atomic E-state index is -0.988. The standard InChI is InChI=1S/C19H19ClN2O5/c1-11-4-5-14(8-12(11)2)13(3)21-18(23)10-27-19(24)16-9-15(20)6-7-17(16)22(25)26/h4-9,13H,10H2,1-3H3,(H,21,23)/t13-/m1/s1. The summed E-state index contributed by atoms with van der Waals surface area (Å²) in [7, 11) is 0. The quantitative estimate of drug-likeness (QED) is 0.458. The van der Waals surface area contributed by atoms with Gasteiger partial charge in [-0.25, -0.2) is 4.79 Å². The largest absolute Gasteiger partial charge is 0.452 e. The summed E-state index contributed by atoms with van der Waals surface area (Å²) in [6.45, 7) is 5.23. The molecule has 1 N–H and O–H groups in total. The van der Waals surface area contributed by atoms with Crippen LogP contribution in [0.3, 0.4) is 0 Å². The van der Waals surface area contributed by atoms with E-state index in [1.54, 1.807) is 0 Å². The van der Waals surface area contributed by atoms with Gasteiger partial charge in [0.15, 0.2) is 6.61 Å². The second kappa shape index (κ2) is 8.64. The van der Waals surface area contributed by atoms with E-state index >= 15 is 0 Å². The molecule has 0 aliphatic heterocycles. The van der Waals surface area contributed by atoms with Crippen LogP contribution in [0.4, 0.5) is 5.69 Å². The average Bonchev–Trinajstić information content (AvgIpc) is 2.61. The van der Waals surface area contributed by atoms with Crippen LogP contribution in [-0.2, 0) is 9.53 Å². The molecule has 27 heavy (non-hydrogen) atoms. The Kier molecular flexibility index (Phi) is 6.52. The van der Waals surface area contributed by atoms with Crippen molar-refractivity contribution in [2.75, 3.05) is 6.61 Å². The number of halogens is 1. The van der Waals surface area contributed by atoms with Gasteiger partial charge in [-0.1, -0.05) is 29.8 Å². The zero-order chi connectivity index (χ0) is 20.1.